The third-order valence-electron chi connectivity index (χ3n) is 6.64. The van der Waals surface area contributed by atoms with Gasteiger partial charge in [-0.25, -0.2) is 9.97 Å². The van der Waals surface area contributed by atoms with Crippen molar-refractivity contribution in [1.29, 1.82) is 0 Å². The van der Waals surface area contributed by atoms with Gasteiger partial charge in [0.25, 0.3) is 0 Å². The van der Waals surface area contributed by atoms with Gasteiger partial charge in [0.1, 0.15) is 5.52 Å². The molecule has 3 aromatic heterocycles. The SMILES string of the molecule is CC1(C)Cc2nc(NC(=O)[C@H]3CC[C@@H](n4cnc5c(N)nc(F)nc54)CC3)sc2C(C)(C)N1. The number of nitrogens with one attached hydrogen (secondary N) is 2. The highest BCUT2D eigenvalue weighted by atomic mass is 32.1. The van der Waals surface area contributed by atoms with E-state index in [1.54, 1.807) is 17.7 Å². The number of nitrogen functional groups attached to an aromatic ring is 1. The number of aromatic nitrogens is 5. The number of thiazole rings is 1. The summed E-state index contributed by atoms with van der Waals surface area (Å²) in [6.45, 7) is 8.65. The Morgan fingerprint density at radius 1 is 1.21 bits per heavy atom. The molecule has 3 aromatic rings. The van der Waals surface area contributed by atoms with E-state index in [0.29, 0.717) is 16.3 Å². The quantitative estimate of drug-likeness (QED) is 0.498. The summed E-state index contributed by atoms with van der Waals surface area (Å²) in [6.07, 6.45) is 4.61. The molecule has 0 spiro atoms. The smallest absolute Gasteiger partial charge is 0.312 e. The van der Waals surface area contributed by atoms with Crippen molar-refractivity contribution in [2.24, 2.45) is 5.92 Å². The van der Waals surface area contributed by atoms with Gasteiger partial charge in [-0.05, 0) is 53.4 Å². The molecule has 4 N–H and O–H groups in total. The van der Waals surface area contributed by atoms with Gasteiger partial charge < -0.3 is 20.9 Å². The fourth-order valence-electron chi connectivity index (χ4n) is 5.38. The molecular formula is C22H29FN8OS. The summed E-state index contributed by atoms with van der Waals surface area (Å²) in [5.74, 6) is -0.0362. The van der Waals surface area contributed by atoms with Crippen molar-refractivity contribution >= 4 is 39.4 Å². The maximum absolute atomic E-state index is 13.7. The number of nitrogens with zero attached hydrogens (tertiary/aromatic N) is 5. The molecule has 0 unspecified atom stereocenters. The lowest BCUT2D eigenvalue weighted by atomic mass is 9.85. The van der Waals surface area contributed by atoms with Gasteiger partial charge in [0, 0.05) is 34.3 Å². The maximum atomic E-state index is 13.7. The molecule has 0 saturated heterocycles. The molecule has 9 nitrogen and oxygen atoms in total. The van der Waals surface area contributed by atoms with Crippen molar-refractivity contribution in [3.63, 3.8) is 0 Å². The Morgan fingerprint density at radius 2 is 1.94 bits per heavy atom. The lowest BCUT2D eigenvalue weighted by Crippen LogP contribution is -2.54. The zero-order valence-corrected chi connectivity index (χ0v) is 20.1. The number of hydrogen-bond acceptors (Lipinski definition) is 8. The fraction of sp³-hybridized carbons (Fsp3) is 0.591. The van der Waals surface area contributed by atoms with Crippen LogP contribution in [0.25, 0.3) is 11.2 Å². The summed E-state index contributed by atoms with van der Waals surface area (Å²) in [5, 5.41) is 7.40. The number of rotatable bonds is 3. The van der Waals surface area contributed by atoms with Gasteiger partial charge in [0.15, 0.2) is 16.6 Å². The zero-order valence-electron chi connectivity index (χ0n) is 19.3. The lowest BCUT2D eigenvalue weighted by molar-refractivity contribution is -0.120. The Labute approximate surface area is 195 Å². The Hall–Kier alpha value is -2.66. The number of carbonyl (C=O) groups is 1. The highest BCUT2D eigenvalue weighted by Gasteiger charge is 2.39. The van der Waals surface area contributed by atoms with Gasteiger partial charge in [-0.15, -0.1) is 0 Å². The molecule has 0 atom stereocenters. The van der Waals surface area contributed by atoms with E-state index >= 15 is 0 Å². The second kappa shape index (κ2) is 7.69. The fourth-order valence-corrected chi connectivity index (χ4v) is 6.42. The summed E-state index contributed by atoms with van der Waals surface area (Å²) in [4.78, 5) is 30.6. The van der Waals surface area contributed by atoms with E-state index in [1.807, 2.05) is 4.57 Å². The van der Waals surface area contributed by atoms with Crippen LogP contribution in [0, 0.1) is 12.0 Å². The lowest BCUT2D eigenvalue weighted by Gasteiger charge is -2.41. The van der Waals surface area contributed by atoms with E-state index in [-0.39, 0.29) is 34.8 Å². The molecule has 0 radical (unpaired) electrons. The first-order valence-corrected chi connectivity index (χ1v) is 12.1. The topological polar surface area (TPSA) is 124 Å². The first-order chi connectivity index (χ1) is 15.5. The predicted molar refractivity (Wildman–Crippen MR) is 125 cm³/mol. The molecule has 1 amide bonds. The molecule has 1 fully saturated rings. The van der Waals surface area contributed by atoms with Gasteiger partial charge in [-0.3, -0.25) is 4.79 Å². The summed E-state index contributed by atoms with van der Waals surface area (Å²) in [6, 6.07) is 0.0917. The van der Waals surface area contributed by atoms with E-state index < -0.39 is 6.08 Å². The molecule has 0 bridgehead atoms. The van der Waals surface area contributed by atoms with Crippen molar-refractivity contribution in [3.05, 3.63) is 23.0 Å². The molecule has 0 aromatic carbocycles. The van der Waals surface area contributed by atoms with Crippen LogP contribution in [-0.2, 0) is 16.8 Å². The third kappa shape index (κ3) is 4.08. The van der Waals surface area contributed by atoms with E-state index in [0.717, 1.165) is 37.8 Å². The number of carbonyl (C=O) groups excluding carboxylic acids is 1. The van der Waals surface area contributed by atoms with Crippen molar-refractivity contribution < 1.29 is 9.18 Å². The molecule has 4 heterocycles. The molecular weight excluding hydrogens is 443 g/mol. The van der Waals surface area contributed by atoms with Crippen LogP contribution in [0.15, 0.2) is 6.33 Å². The predicted octanol–water partition coefficient (Wildman–Crippen LogP) is 3.53. The molecule has 33 heavy (non-hydrogen) atoms. The van der Waals surface area contributed by atoms with Crippen LogP contribution >= 0.6 is 11.3 Å². The van der Waals surface area contributed by atoms with Crippen molar-refractivity contribution in [3.8, 4) is 0 Å². The number of fused-ring (bicyclic) bond motifs is 2. The number of anilines is 2. The van der Waals surface area contributed by atoms with Gasteiger partial charge in [0.05, 0.1) is 12.0 Å². The zero-order chi connectivity index (χ0) is 23.5. The first-order valence-electron chi connectivity index (χ1n) is 11.3. The van der Waals surface area contributed by atoms with Gasteiger partial charge in [0.2, 0.25) is 5.91 Å². The van der Waals surface area contributed by atoms with E-state index in [2.05, 4.69) is 53.3 Å². The Balaban J connectivity index is 1.26. The molecule has 1 aliphatic carbocycles. The van der Waals surface area contributed by atoms with Crippen molar-refractivity contribution in [2.75, 3.05) is 11.1 Å². The molecule has 11 heteroatoms. The van der Waals surface area contributed by atoms with Crippen LogP contribution in [0.2, 0.25) is 0 Å². The molecule has 1 saturated carbocycles. The Kier molecular flexibility index (Phi) is 5.16. The minimum absolute atomic E-state index is 0.0117. The van der Waals surface area contributed by atoms with Gasteiger partial charge >= 0.3 is 6.08 Å². The normalized spacial score (nSPS) is 23.9. The van der Waals surface area contributed by atoms with E-state index in [9.17, 15) is 9.18 Å². The summed E-state index contributed by atoms with van der Waals surface area (Å²) in [7, 11) is 0. The third-order valence-corrected chi connectivity index (χ3v) is 7.97. The highest BCUT2D eigenvalue weighted by molar-refractivity contribution is 7.16. The molecule has 176 valence electrons. The van der Waals surface area contributed by atoms with Crippen LogP contribution in [0.4, 0.5) is 15.3 Å². The number of halogens is 1. The van der Waals surface area contributed by atoms with Crippen LogP contribution in [0.3, 0.4) is 0 Å². The first kappa shape index (κ1) is 22.1. The summed E-state index contributed by atoms with van der Waals surface area (Å²) in [5.41, 5.74) is 7.42. The number of imidazole rings is 1. The summed E-state index contributed by atoms with van der Waals surface area (Å²) < 4.78 is 15.5. The van der Waals surface area contributed by atoms with Crippen LogP contribution in [0.5, 0.6) is 0 Å². The number of nitrogens with two attached hydrogens (primary N) is 1. The largest absolute Gasteiger partial charge is 0.382 e. The molecule has 1 aliphatic heterocycles. The minimum Gasteiger partial charge on any atom is -0.382 e. The second-order valence-electron chi connectivity index (χ2n) is 10.3. The van der Waals surface area contributed by atoms with Crippen LogP contribution < -0.4 is 16.4 Å². The van der Waals surface area contributed by atoms with Crippen molar-refractivity contribution in [2.45, 2.75) is 76.9 Å². The average molecular weight is 473 g/mol. The van der Waals surface area contributed by atoms with Crippen LogP contribution in [0.1, 0.15) is 70.0 Å². The highest BCUT2D eigenvalue weighted by Crippen LogP contribution is 2.40. The standard InChI is InChI=1S/C22H29FN8OS/c1-21(2)9-13-15(22(3,4)30-21)33-20(26-13)29-18(32)11-5-7-12(8-6-11)31-10-25-14-16(24)27-19(23)28-17(14)31/h10-12,30H,5-9H2,1-4H3,(H2,24,27,28)(H,26,29,32)/t11-,12+. The maximum Gasteiger partial charge on any atom is 0.312 e. The number of hydrogen-bond donors (Lipinski definition) is 3. The van der Waals surface area contributed by atoms with Crippen LogP contribution in [-0.4, -0.2) is 35.9 Å². The summed E-state index contributed by atoms with van der Waals surface area (Å²) >= 11 is 1.56. The van der Waals surface area contributed by atoms with E-state index in [4.69, 9.17) is 10.7 Å². The average Bonchev–Trinajstić information content (AvgIpc) is 3.31. The van der Waals surface area contributed by atoms with Gasteiger partial charge in [-0.2, -0.15) is 14.4 Å². The minimum atomic E-state index is -0.859. The molecule has 5 rings (SSSR count). The Morgan fingerprint density at radius 3 is 2.67 bits per heavy atom. The van der Waals surface area contributed by atoms with E-state index in [1.165, 1.54) is 4.88 Å². The monoisotopic (exact) mass is 472 g/mol. The second-order valence-corrected chi connectivity index (χ2v) is 11.3. The van der Waals surface area contributed by atoms with Gasteiger partial charge in [-0.1, -0.05) is 11.3 Å². The Bertz CT molecular complexity index is 1220. The molecule has 2 aliphatic rings. The number of amides is 1. The van der Waals surface area contributed by atoms with Crippen molar-refractivity contribution in [1.82, 2.24) is 29.8 Å².